The maximum atomic E-state index is 12.5. The Morgan fingerprint density at radius 1 is 1.10 bits per heavy atom. The molecule has 0 atom stereocenters. The Hall–Kier alpha value is -2.67. The molecule has 0 bridgehead atoms. The van der Waals surface area contributed by atoms with E-state index in [0.29, 0.717) is 39.5 Å². The summed E-state index contributed by atoms with van der Waals surface area (Å²) in [6, 6.07) is 14.8. The molecule has 1 aromatic heterocycles. The van der Waals surface area contributed by atoms with Crippen LogP contribution in [-0.4, -0.2) is 27.4 Å². The van der Waals surface area contributed by atoms with Crippen LogP contribution in [0, 0.1) is 5.92 Å². The molecule has 1 heterocycles. The fraction of sp³-hybridized carbons (Fsp3) is 0.227. The lowest BCUT2D eigenvalue weighted by Crippen LogP contribution is -2.30. The zero-order valence-electron chi connectivity index (χ0n) is 16.7. The molecule has 3 N–H and O–H groups in total. The van der Waals surface area contributed by atoms with E-state index in [1.54, 1.807) is 48.5 Å². The van der Waals surface area contributed by atoms with Crippen molar-refractivity contribution in [3.63, 3.8) is 0 Å². The normalized spacial score (nSPS) is 10.5. The number of rotatable bonds is 5. The van der Waals surface area contributed by atoms with E-state index in [2.05, 4.69) is 18.9 Å². The molecule has 6 nitrogen and oxygen atoms in total. The first-order valence-electron chi connectivity index (χ1n) is 9.29. The SMILES string of the molecule is CC(C)CCO.NC(=O)c1cc(-c2ccc(Cl)cc2)nn(-c2cccc(Cl)c2)c1=O. The number of aliphatic hydroxyl groups is 1. The molecule has 30 heavy (non-hydrogen) atoms. The van der Waals surface area contributed by atoms with Gasteiger partial charge in [0.2, 0.25) is 0 Å². The highest BCUT2D eigenvalue weighted by Crippen LogP contribution is 2.21. The maximum Gasteiger partial charge on any atom is 0.284 e. The number of amides is 1. The van der Waals surface area contributed by atoms with Crippen molar-refractivity contribution in [3.8, 4) is 16.9 Å². The number of carbonyl (C=O) groups is 1. The van der Waals surface area contributed by atoms with E-state index in [0.717, 1.165) is 11.1 Å². The number of hydrogen-bond acceptors (Lipinski definition) is 4. The van der Waals surface area contributed by atoms with Crippen molar-refractivity contribution in [2.24, 2.45) is 11.7 Å². The number of aliphatic hydroxyl groups excluding tert-OH is 1. The Bertz CT molecular complexity index is 1060. The third-order valence-corrected chi connectivity index (χ3v) is 4.56. The average molecular weight is 448 g/mol. The van der Waals surface area contributed by atoms with Gasteiger partial charge < -0.3 is 10.8 Å². The van der Waals surface area contributed by atoms with Crippen LogP contribution in [0.2, 0.25) is 10.0 Å². The average Bonchev–Trinajstić information content (AvgIpc) is 2.69. The van der Waals surface area contributed by atoms with Gasteiger partial charge in [-0.05, 0) is 48.7 Å². The van der Waals surface area contributed by atoms with Gasteiger partial charge in [0.1, 0.15) is 5.56 Å². The smallest absolute Gasteiger partial charge is 0.284 e. The first kappa shape index (κ1) is 23.6. The molecule has 2 aromatic carbocycles. The van der Waals surface area contributed by atoms with Crippen molar-refractivity contribution < 1.29 is 9.90 Å². The van der Waals surface area contributed by atoms with Gasteiger partial charge in [0.25, 0.3) is 11.5 Å². The summed E-state index contributed by atoms with van der Waals surface area (Å²) in [5.74, 6) is -0.177. The molecule has 0 aliphatic carbocycles. The lowest BCUT2D eigenvalue weighted by molar-refractivity contribution is 0.0998. The largest absolute Gasteiger partial charge is 0.396 e. The van der Waals surface area contributed by atoms with Crippen molar-refractivity contribution in [1.82, 2.24) is 9.78 Å². The van der Waals surface area contributed by atoms with Crippen LogP contribution in [0.4, 0.5) is 0 Å². The van der Waals surface area contributed by atoms with E-state index in [-0.39, 0.29) is 5.56 Å². The van der Waals surface area contributed by atoms with Gasteiger partial charge in [0.15, 0.2) is 0 Å². The Kier molecular flexibility index (Phi) is 8.59. The summed E-state index contributed by atoms with van der Waals surface area (Å²) in [6.07, 6.45) is 0.931. The molecule has 0 saturated heterocycles. The topological polar surface area (TPSA) is 98.2 Å². The first-order valence-corrected chi connectivity index (χ1v) is 10.1. The van der Waals surface area contributed by atoms with Gasteiger partial charge in [0.05, 0.1) is 11.4 Å². The lowest BCUT2D eigenvalue weighted by Gasteiger charge is -2.10. The quantitative estimate of drug-likeness (QED) is 0.607. The van der Waals surface area contributed by atoms with E-state index >= 15 is 0 Å². The van der Waals surface area contributed by atoms with Crippen LogP contribution in [0.25, 0.3) is 16.9 Å². The first-order chi connectivity index (χ1) is 14.2. The minimum atomic E-state index is -0.826. The molecule has 0 fully saturated rings. The molecule has 158 valence electrons. The summed E-state index contributed by atoms with van der Waals surface area (Å²) >= 11 is 11.9. The Labute approximate surface area is 184 Å². The highest BCUT2D eigenvalue weighted by molar-refractivity contribution is 6.31. The van der Waals surface area contributed by atoms with Crippen LogP contribution >= 0.6 is 23.2 Å². The fourth-order valence-corrected chi connectivity index (χ4v) is 2.78. The van der Waals surface area contributed by atoms with Gasteiger partial charge in [-0.2, -0.15) is 9.78 Å². The Morgan fingerprint density at radius 3 is 2.27 bits per heavy atom. The number of nitrogens with zero attached hydrogens (tertiary/aromatic N) is 2. The van der Waals surface area contributed by atoms with Gasteiger partial charge in [-0.3, -0.25) is 9.59 Å². The number of aromatic nitrogens is 2. The molecule has 1 amide bonds. The van der Waals surface area contributed by atoms with E-state index in [4.69, 9.17) is 34.0 Å². The number of hydrogen-bond donors (Lipinski definition) is 2. The molecule has 0 saturated carbocycles. The number of halogens is 2. The zero-order valence-corrected chi connectivity index (χ0v) is 18.2. The van der Waals surface area contributed by atoms with Crippen LogP contribution in [0.1, 0.15) is 30.6 Å². The molecule has 0 unspecified atom stereocenters. The van der Waals surface area contributed by atoms with Gasteiger partial charge in [-0.15, -0.1) is 0 Å². The van der Waals surface area contributed by atoms with Crippen LogP contribution in [0.15, 0.2) is 59.4 Å². The number of primary amides is 1. The molecule has 3 aromatic rings. The van der Waals surface area contributed by atoms with Crippen molar-refractivity contribution >= 4 is 29.1 Å². The van der Waals surface area contributed by atoms with Crippen LogP contribution in [0.5, 0.6) is 0 Å². The number of nitrogens with two attached hydrogens (primary N) is 1. The van der Waals surface area contributed by atoms with Crippen molar-refractivity contribution in [2.45, 2.75) is 20.3 Å². The van der Waals surface area contributed by atoms with Crippen LogP contribution in [0.3, 0.4) is 0 Å². The summed E-state index contributed by atoms with van der Waals surface area (Å²) in [7, 11) is 0. The molecule has 8 heteroatoms. The Balaban J connectivity index is 0.000000469. The standard InChI is InChI=1S/C17H11Cl2N3O2.C5H12O/c18-11-6-4-10(5-7-11)15-9-14(16(20)23)17(24)22(21-15)13-3-1-2-12(19)8-13;1-5(2)3-4-6/h1-9H,(H2,20,23);5-6H,3-4H2,1-2H3. The molecular formula is C22H23Cl2N3O3. The van der Waals surface area contributed by atoms with Gasteiger partial charge >= 0.3 is 0 Å². The highest BCUT2D eigenvalue weighted by atomic mass is 35.5. The summed E-state index contributed by atoms with van der Waals surface area (Å²) in [5.41, 5.74) is 6.11. The fourth-order valence-electron chi connectivity index (χ4n) is 2.47. The third-order valence-electron chi connectivity index (χ3n) is 4.08. The zero-order chi connectivity index (χ0) is 22.3. The van der Waals surface area contributed by atoms with Gasteiger partial charge in [-0.25, -0.2) is 0 Å². The van der Waals surface area contributed by atoms with Crippen molar-refractivity contribution in [3.05, 3.63) is 80.6 Å². The molecule has 0 aliphatic rings. The summed E-state index contributed by atoms with van der Waals surface area (Å²) in [4.78, 5) is 24.1. The summed E-state index contributed by atoms with van der Waals surface area (Å²) < 4.78 is 1.11. The molecule has 0 radical (unpaired) electrons. The monoisotopic (exact) mass is 447 g/mol. The van der Waals surface area contributed by atoms with E-state index in [1.807, 2.05) is 0 Å². The molecular weight excluding hydrogens is 425 g/mol. The lowest BCUT2D eigenvalue weighted by atomic mass is 10.1. The van der Waals surface area contributed by atoms with Crippen LogP contribution in [-0.2, 0) is 0 Å². The maximum absolute atomic E-state index is 12.5. The second-order valence-corrected chi connectivity index (χ2v) is 7.79. The highest BCUT2D eigenvalue weighted by Gasteiger charge is 2.15. The predicted octanol–water partition coefficient (Wildman–Crippen LogP) is 4.33. The summed E-state index contributed by atoms with van der Waals surface area (Å²) in [6.45, 7) is 4.52. The second kappa shape index (κ2) is 10.9. The molecule has 0 spiro atoms. The van der Waals surface area contributed by atoms with Crippen LogP contribution < -0.4 is 11.3 Å². The van der Waals surface area contributed by atoms with Crippen molar-refractivity contribution in [1.29, 1.82) is 0 Å². The molecule has 0 aliphatic heterocycles. The van der Waals surface area contributed by atoms with E-state index in [1.165, 1.54) is 6.07 Å². The minimum absolute atomic E-state index is 0.157. The Morgan fingerprint density at radius 2 is 1.77 bits per heavy atom. The minimum Gasteiger partial charge on any atom is -0.396 e. The van der Waals surface area contributed by atoms with E-state index in [9.17, 15) is 9.59 Å². The van der Waals surface area contributed by atoms with Crippen molar-refractivity contribution in [2.75, 3.05) is 6.61 Å². The second-order valence-electron chi connectivity index (χ2n) is 6.92. The third kappa shape index (κ3) is 6.42. The van der Waals surface area contributed by atoms with Gasteiger partial charge in [0, 0.05) is 22.2 Å². The van der Waals surface area contributed by atoms with Gasteiger partial charge in [-0.1, -0.05) is 55.2 Å². The summed E-state index contributed by atoms with van der Waals surface area (Å²) in [5, 5.41) is 13.6. The molecule has 3 rings (SSSR count). The predicted molar refractivity (Wildman–Crippen MR) is 120 cm³/mol. The number of benzene rings is 2. The van der Waals surface area contributed by atoms with E-state index < -0.39 is 11.5 Å². The number of carbonyl (C=O) groups excluding carboxylic acids is 1.